The Morgan fingerprint density at radius 2 is 1.58 bits per heavy atom. The number of nitrogens with zero attached hydrogens (tertiary/aromatic N) is 2. The largest absolute Gasteiger partial charge is 0.497 e. The van der Waals surface area contributed by atoms with E-state index in [2.05, 4.69) is 35.4 Å². The van der Waals surface area contributed by atoms with Crippen molar-refractivity contribution in [3.05, 3.63) is 59.7 Å². The Morgan fingerprint density at radius 3 is 2.10 bits per heavy atom. The van der Waals surface area contributed by atoms with Crippen LogP contribution in [0.15, 0.2) is 53.4 Å². The summed E-state index contributed by atoms with van der Waals surface area (Å²) >= 11 is 1.76. The Kier molecular flexibility index (Phi) is 9.36. The summed E-state index contributed by atoms with van der Waals surface area (Å²) in [5, 5.41) is 14.8. The van der Waals surface area contributed by atoms with Crippen LogP contribution in [0.25, 0.3) is 0 Å². The number of carboxylic acid groups (broad SMARTS) is 2. The van der Waals surface area contributed by atoms with E-state index in [1.54, 1.807) is 18.9 Å². The third-order valence-electron chi connectivity index (χ3n) is 4.72. The van der Waals surface area contributed by atoms with E-state index in [4.69, 9.17) is 24.5 Å². The maximum absolute atomic E-state index is 12.7. The molecule has 2 aromatic carbocycles. The molecule has 2 N–H and O–H groups in total. The predicted molar refractivity (Wildman–Crippen MR) is 118 cm³/mol. The zero-order valence-corrected chi connectivity index (χ0v) is 18.3. The number of thioether (sulfide) groups is 1. The quantitative estimate of drug-likeness (QED) is 0.533. The van der Waals surface area contributed by atoms with E-state index >= 15 is 0 Å². The summed E-state index contributed by atoms with van der Waals surface area (Å²) in [6, 6.07) is 16.1. The van der Waals surface area contributed by atoms with Crippen molar-refractivity contribution in [2.45, 2.75) is 11.4 Å². The molecule has 31 heavy (non-hydrogen) atoms. The Balaban J connectivity index is 0.000000501. The van der Waals surface area contributed by atoms with E-state index in [-0.39, 0.29) is 5.91 Å². The number of carboxylic acids is 2. The summed E-state index contributed by atoms with van der Waals surface area (Å²) in [7, 11) is 1.62. The van der Waals surface area contributed by atoms with E-state index in [0.29, 0.717) is 5.56 Å². The lowest BCUT2D eigenvalue weighted by molar-refractivity contribution is -0.159. The SMILES string of the molecule is COc1cccc(C(=O)N2CCN(Cc3ccc(SC)cc3)CC2)c1.O=C(O)C(=O)O. The van der Waals surface area contributed by atoms with Crippen molar-refractivity contribution in [2.75, 3.05) is 39.5 Å². The lowest BCUT2D eigenvalue weighted by Crippen LogP contribution is -2.48. The minimum atomic E-state index is -1.82. The van der Waals surface area contributed by atoms with Gasteiger partial charge in [0.2, 0.25) is 0 Å². The molecule has 0 spiro atoms. The Morgan fingerprint density at radius 1 is 0.968 bits per heavy atom. The monoisotopic (exact) mass is 446 g/mol. The van der Waals surface area contributed by atoms with Crippen LogP contribution < -0.4 is 4.74 Å². The molecule has 8 nitrogen and oxygen atoms in total. The fourth-order valence-corrected chi connectivity index (χ4v) is 3.45. The molecule has 0 radical (unpaired) electrons. The molecule has 2 aromatic rings. The van der Waals surface area contributed by atoms with Crippen LogP contribution in [0, 0.1) is 0 Å². The van der Waals surface area contributed by atoms with Crippen LogP contribution in [0.5, 0.6) is 5.75 Å². The Bertz CT molecular complexity index is 883. The number of aliphatic carboxylic acids is 2. The number of benzene rings is 2. The van der Waals surface area contributed by atoms with Crippen LogP contribution in [-0.2, 0) is 16.1 Å². The average molecular weight is 447 g/mol. The van der Waals surface area contributed by atoms with Gasteiger partial charge in [0.05, 0.1) is 7.11 Å². The molecule has 1 aliphatic rings. The third-order valence-corrected chi connectivity index (χ3v) is 5.47. The number of amides is 1. The third kappa shape index (κ3) is 7.62. The molecule has 3 rings (SSSR count). The van der Waals surface area contributed by atoms with Crippen molar-refractivity contribution in [2.24, 2.45) is 0 Å². The highest BCUT2D eigenvalue weighted by atomic mass is 32.2. The van der Waals surface area contributed by atoms with Gasteiger partial charge in [-0.3, -0.25) is 9.69 Å². The normalized spacial score (nSPS) is 13.7. The van der Waals surface area contributed by atoms with Crippen molar-refractivity contribution in [3.63, 3.8) is 0 Å². The minimum absolute atomic E-state index is 0.0860. The van der Waals surface area contributed by atoms with Crippen LogP contribution in [0.2, 0.25) is 0 Å². The molecule has 0 unspecified atom stereocenters. The van der Waals surface area contributed by atoms with Gasteiger partial charge in [0.15, 0.2) is 0 Å². The van der Waals surface area contributed by atoms with Crippen molar-refractivity contribution in [1.29, 1.82) is 0 Å². The first kappa shape index (κ1) is 24.2. The summed E-state index contributed by atoms with van der Waals surface area (Å²) in [6.07, 6.45) is 2.09. The maximum Gasteiger partial charge on any atom is 0.414 e. The summed E-state index contributed by atoms with van der Waals surface area (Å²) in [5.41, 5.74) is 2.02. The van der Waals surface area contributed by atoms with Crippen molar-refractivity contribution in [3.8, 4) is 5.75 Å². The number of hydrogen-bond donors (Lipinski definition) is 2. The molecular formula is C22H26N2O6S. The molecule has 1 heterocycles. The molecule has 0 saturated carbocycles. The first-order valence-corrected chi connectivity index (χ1v) is 10.8. The first-order chi connectivity index (χ1) is 14.8. The van der Waals surface area contributed by atoms with Gasteiger partial charge in [-0.15, -0.1) is 11.8 Å². The van der Waals surface area contributed by atoms with Crippen molar-refractivity contribution >= 4 is 29.6 Å². The van der Waals surface area contributed by atoms with Gasteiger partial charge < -0.3 is 19.8 Å². The van der Waals surface area contributed by atoms with Crippen LogP contribution in [0.1, 0.15) is 15.9 Å². The second kappa shape index (κ2) is 12.0. The van der Waals surface area contributed by atoms with Crippen LogP contribution in [0.4, 0.5) is 0 Å². The van der Waals surface area contributed by atoms with Crippen LogP contribution >= 0.6 is 11.8 Å². The highest BCUT2D eigenvalue weighted by Gasteiger charge is 2.22. The zero-order valence-electron chi connectivity index (χ0n) is 17.5. The molecule has 1 fully saturated rings. The van der Waals surface area contributed by atoms with Gasteiger partial charge in [0.25, 0.3) is 5.91 Å². The number of carbonyl (C=O) groups excluding carboxylic acids is 1. The fourth-order valence-electron chi connectivity index (χ4n) is 3.04. The van der Waals surface area contributed by atoms with E-state index in [1.807, 2.05) is 29.2 Å². The molecule has 0 aliphatic carbocycles. The van der Waals surface area contributed by atoms with Gasteiger partial charge in [0, 0.05) is 43.2 Å². The second-order valence-electron chi connectivity index (χ2n) is 6.76. The molecule has 0 atom stereocenters. The topological polar surface area (TPSA) is 107 Å². The van der Waals surface area contributed by atoms with E-state index in [1.165, 1.54) is 10.5 Å². The molecule has 9 heteroatoms. The van der Waals surface area contributed by atoms with Gasteiger partial charge in [-0.05, 0) is 42.2 Å². The smallest absolute Gasteiger partial charge is 0.414 e. The van der Waals surface area contributed by atoms with Gasteiger partial charge in [0.1, 0.15) is 5.75 Å². The van der Waals surface area contributed by atoms with Crippen LogP contribution in [-0.4, -0.2) is 77.4 Å². The fraction of sp³-hybridized carbons (Fsp3) is 0.318. The van der Waals surface area contributed by atoms with Crippen molar-refractivity contribution in [1.82, 2.24) is 9.80 Å². The van der Waals surface area contributed by atoms with E-state index in [9.17, 15) is 4.79 Å². The highest BCUT2D eigenvalue weighted by Crippen LogP contribution is 2.18. The van der Waals surface area contributed by atoms with Gasteiger partial charge in [-0.2, -0.15) is 0 Å². The minimum Gasteiger partial charge on any atom is -0.497 e. The molecule has 1 saturated heterocycles. The first-order valence-electron chi connectivity index (χ1n) is 9.59. The number of hydrogen-bond acceptors (Lipinski definition) is 6. The predicted octanol–water partition coefficient (Wildman–Crippen LogP) is 2.53. The molecule has 0 bridgehead atoms. The Labute approximate surface area is 185 Å². The summed E-state index contributed by atoms with van der Waals surface area (Å²) in [5.74, 6) is -2.84. The average Bonchev–Trinajstić information content (AvgIpc) is 2.80. The van der Waals surface area contributed by atoms with Gasteiger partial charge in [-0.25, -0.2) is 9.59 Å². The number of ether oxygens (including phenoxy) is 1. The molecule has 1 aliphatic heterocycles. The second-order valence-corrected chi connectivity index (χ2v) is 7.64. The maximum atomic E-state index is 12.7. The number of carbonyl (C=O) groups is 3. The molecule has 0 aromatic heterocycles. The van der Waals surface area contributed by atoms with Gasteiger partial charge in [-0.1, -0.05) is 18.2 Å². The lowest BCUT2D eigenvalue weighted by atomic mass is 10.1. The summed E-state index contributed by atoms with van der Waals surface area (Å²) in [4.78, 5) is 36.5. The van der Waals surface area contributed by atoms with E-state index in [0.717, 1.165) is 38.5 Å². The lowest BCUT2D eigenvalue weighted by Gasteiger charge is -2.34. The Hall–Kier alpha value is -3.04. The van der Waals surface area contributed by atoms with Crippen LogP contribution in [0.3, 0.4) is 0 Å². The standard InChI is InChI=1S/C20H24N2O2S.C2H2O4/c1-24-18-5-3-4-17(14-18)20(23)22-12-10-21(11-13-22)15-16-6-8-19(25-2)9-7-16;3-1(4)2(5)6/h3-9,14H,10-13,15H2,1-2H3;(H,3,4)(H,5,6). The zero-order chi connectivity index (χ0) is 22.8. The highest BCUT2D eigenvalue weighted by molar-refractivity contribution is 7.98. The van der Waals surface area contributed by atoms with E-state index < -0.39 is 11.9 Å². The number of methoxy groups -OCH3 is 1. The number of piperazine rings is 1. The summed E-state index contributed by atoms with van der Waals surface area (Å²) in [6.45, 7) is 4.27. The molecular weight excluding hydrogens is 420 g/mol. The summed E-state index contributed by atoms with van der Waals surface area (Å²) < 4.78 is 5.21. The molecule has 1 amide bonds. The number of rotatable bonds is 5. The van der Waals surface area contributed by atoms with Gasteiger partial charge >= 0.3 is 11.9 Å². The molecule has 166 valence electrons. The van der Waals surface area contributed by atoms with Crippen molar-refractivity contribution < 1.29 is 29.3 Å².